The highest BCUT2D eigenvalue weighted by atomic mass is 16.5. The molecular weight excluding hydrogens is 262 g/mol. The van der Waals surface area contributed by atoms with E-state index in [0.717, 1.165) is 0 Å². The second kappa shape index (κ2) is 6.31. The molecule has 0 saturated heterocycles. The zero-order valence-electron chi connectivity index (χ0n) is 10.9. The lowest BCUT2D eigenvalue weighted by Gasteiger charge is -2.14. The van der Waals surface area contributed by atoms with E-state index in [1.165, 1.54) is 13.4 Å². The van der Waals surface area contributed by atoms with Gasteiger partial charge in [-0.3, -0.25) is 4.79 Å². The molecule has 0 aliphatic carbocycles. The third-order valence-corrected chi connectivity index (χ3v) is 2.82. The molecule has 20 heavy (non-hydrogen) atoms. The Morgan fingerprint density at radius 1 is 1.30 bits per heavy atom. The van der Waals surface area contributed by atoms with Crippen molar-refractivity contribution in [2.45, 2.75) is 18.6 Å². The van der Waals surface area contributed by atoms with Crippen LogP contribution in [-0.2, 0) is 16.0 Å². The third kappa shape index (κ3) is 3.23. The van der Waals surface area contributed by atoms with E-state index >= 15 is 0 Å². The number of benzene rings is 1. The smallest absolute Gasteiger partial charge is 0.311 e. The summed E-state index contributed by atoms with van der Waals surface area (Å²) in [7, 11) is 1.28. The van der Waals surface area contributed by atoms with Gasteiger partial charge in [0.05, 0.1) is 19.2 Å². The first-order valence-electron chi connectivity index (χ1n) is 6.04. The molecule has 0 saturated carbocycles. The van der Waals surface area contributed by atoms with Crippen molar-refractivity contribution in [2.75, 3.05) is 7.11 Å². The van der Waals surface area contributed by atoms with E-state index in [2.05, 4.69) is 9.72 Å². The summed E-state index contributed by atoms with van der Waals surface area (Å²) >= 11 is 0. The van der Waals surface area contributed by atoms with Crippen LogP contribution in [0.5, 0.6) is 0 Å². The fourth-order valence-corrected chi connectivity index (χ4v) is 1.73. The number of nitrogens with zero attached hydrogens (tertiary/aromatic N) is 1. The number of hydrogen-bond acceptors (Lipinski definition) is 6. The summed E-state index contributed by atoms with van der Waals surface area (Å²) in [6.07, 6.45) is -1.24. The molecule has 0 amide bonds. The second-order valence-corrected chi connectivity index (χ2v) is 4.23. The predicted molar refractivity (Wildman–Crippen MR) is 68.6 cm³/mol. The molecule has 0 fully saturated rings. The molecule has 1 heterocycles. The van der Waals surface area contributed by atoms with Gasteiger partial charge >= 0.3 is 5.97 Å². The van der Waals surface area contributed by atoms with E-state index in [1.54, 1.807) is 24.3 Å². The van der Waals surface area contributed by atoms with Crippen molar-refractivity contribution in [3.63, 3.8) is 0 Å². The summed E-state index contributed by atoms with van der Waals surface area (Å²) in [4.78, 5) is 15.1. The Kier molecular flexibility index (Phi) is 4.49. The SMILES string of the molecule is COC(=O)Cc1coc([C@H](O)[C@H](O)c2ccccc2)n1. The Morgan fingerprint density at radius 2 is 2.00 bits per heavy atom. The summed E-state index contributed by atoms with van der Waals surface area (Å²) in [6, 6.07) is 8.69. The molecule has 1 aromatic carbocycles. The highest BCUT2D eigenvalue weighted by molar-refractivity contribution is 5.71. The number of methoxy groups -OCH3 is 1. The maximum Gasteiger partial charge on any atom is 0.311 e. The Morgan fingerprint density at radius 3 is 2.65 bits per heavy atom. The number of aliphatic hydroxyl groups is 2. The van der Waals surface area contributed by atoms with Crippen molar-refractivity contribution < 1.29 is 24.2 Å². The summed E-state index contributed by atoms with van der Waals surface area (Å²) < 4.78 is 9.59. The number of esters is 1. The topological polar surface area (TPSA) is 92.8 Å². The number of aromatic nitrogens is 1. The number of hydrogen-bond donors (Lipinski definition) is 2. The first-order chi connectivity index (χ1) is 9.61. The van der Waals surface area contributed by atoms with Gasteiger partial charge in [-0.15, -0.1) is 0 Å². The highest BCUT2D eigenvalue weighted by Gasteiger charge is 2.25. The normalized spacial score (nSPS) is 13.8. The van der Waals surface area contributed by atoms with Crippen LogP contribution in [0.1, 0.15) is 29.4 Å². The lowest BCUT2D eigenvalue weighted by Crippen LogP contribution is -2.11. The zero-order chi connectivity index (χ0) is 14.5. The number of carbonyl (C=O) groups is 1. The molecule has 0 unspecified atom stereocenters. The number of oxazole rings is 1. The maximum absolute atomic E-state index is 11.1. The molecule has 106 valence electrons. The molecule has 6 heteroatoms. The standard InChI is InChI=1S/C14H15NO5/c1-19-11(16)7-10-8-20-14(15-10)13(18)12(17)9-5-3-2-4-6-9/h2-6,8,12-13,17-18H,7H2,1H3/t12-,13-/m1/s1. The lowest BCUT2D eigenvalue weighted by atomic mass is 10.0. The van der Waals surface area contributed by atoms with Gasteiger partial charge in [0.15, 0.2) is 6.10 Å². The maximum atomic E-state index is 11.1. The van der Waals surface area contributed by atoms with Crippen molar-refractivity contribution in [3.05, 3.63) is 53.7 Å². The van der Waals surface area contributed by atoms with Crippen LogP contribution in [0.4, 0.5) is 0 Å². The van der Waals surface area contributed by atoms with Gasteiger partial charge in [0.2, 0.25) is 5.89 Å². The van der Waals surface area contributed by atoms with Crippen molar-refractivity contribution >= 4 is 5.97 Å². The Hall–Kier alpha value is -2.18. The molecule has 0 aliphatic rings. The molecule has 6 nitrogen and oxygen atoms in total. The van der Waals surface area contributed by atoms with Gasteiger partial charge < -0.3 is 19.4 Å². The van der Waals surface area contributed by atoms with Gasteiger partial charge in [-0.05, 0) is 5.56 Å². The molecular formula is C14H15NO5. The molecule has 2 N–H and O–H groups in total. The van der Waals surface area contributed by atoms with Gasteiger partial charge in [-0.2, -0.15) is 0 Å². The van der Waals surface area contributed by atoms with Gasteiger partial charge in [-0.1, -0.05) is 30.3 Å². The molecule has 2 rings (SSSR count). The zero-order valence-corrected chi connectivity index (χ0v) is 10.9. The van der Waals surface area contributed by atoms with Gasteiger partial charge in [0.1, 0.15) is 12.4 Å². The number of aliphatic hydroxyl groups excluding tert-OH is 2. The van der Waals surface area contributed by atoms with E-state index in [-0.39, 0.29) is 12.3 Å². The van der Waals surface area contributed by atoms with E-state index in [4.69, 9.17) is 4.42 Å². The van der Waals surface area contributed by atoms with Gasteiger partial charge in [0, 0.05) is 0 Å². The van der Waals surface area contributed by atoms with E-state index in [0.29, 0.717) is 11.3 Å². The summed E-state index contributed by atoms with van der Waals surface area (Å²) in [5.41, 5.74) is 0.888. The van der Waals surface area contributed by atoms with E-state index < -0.39 is 18.2 Å². The minimum Gasteiger partial charge on any atom is -0.469 e. The van der Waals surface area contributed by atoms with Gasteiger partial charge in [0.25, 0.3) is 0 Å². The molecule has 2 aromatic rings. The first kappa shape index (κ1) is 14.2. The minimum atomic E-state index is -1.30. The van der Waals surface area contributed by atoms with Gasteiger partial charge in [-0.25, -0.2) is 4.98 Å². The van der Waals surface area contributed by atoms with Crippen molar-refractivity contribution in [2.24, 2.45) is 0 Å². The molecule has 0 spiro atoms. The molecule has 1 aromatic heterocycles. The van der Waals surface area contributed by atoms with Crippen LogP contribution in [0.3, 0.4) is 0 Å². The van der Waals surface area contributed by atoms with Crippen molar-refractivity contribution in [1.29, 1.82) is 0 Å². The summed E-state index contributed by atoms with van der Waals surface area (Å²) in [5, 5.41) is 20.1. The lowest BCUT2D eigenvalue weighted by molar-refractivity contribution is -0.139. The van der Waals surface area contributed by atoms with E-state index in [1.807, 2.05) is 6.07 Å². The van der Waals surface area contributed by atoms with Crippen molar-refractivity contribution in [1.82, 2.24) is 4.98 Å². The molecule has 2 atom stereocenters. The average molecular weight is 277 g/mol. The van der Waals surface area contributed by atoms with E-state index in [9.17, 15) is 15.0 Å². The largest absolute Gasteiger partial charge is 0.469 e. The Labute approximate surface area is 115 Å². The fraction of sp³-hybridized carbons (Fsp3) is 0.286. The number of rotatable bonds is 5. The quantitative estimate of drug-likeness (QED) is 0.797. The molecule has 0 radical (unpaired) electrons. The summed E-state index contributed by atoms with van der Waals surface area (Å²) in [5.74, 6) is -0.497. The summed E-state index contributed by atoms with van der Waals surface area (Å²) in [6.45, 7) is 0. The monoisotopic (exact) mass is 277 g/mol. The highest BCUT2D eigenvalue weighted by Crippen LogP contribution is 2.27. The first-order valence-corrected chi connectivity index (χ1v) is 6.04. The van der Waals surface area contributed by atoms with Crippen LogP contribution in [0.25, 0.3) is 0 Å². The second-order valence-electron chi connectivity index (χ2n) is 4.23. The molecule has 0 bridgehead atoms. The van der Waals surface area contributed by atoms with Crippen LogP contribution in [-0.4, -0.2) is 28.3 Å². The van der Waals surface area contributed by atoms with Crippen LogP contribution >= 0.6 is 0 Å². The van der Waals surface area contributed by atoms with Crippen molar-refractivity contribution in [3.8, 4) is 0 Å². The molecule has 0 aliphatic heterocycles. The minimum absolute atomic E-state index is 0.0414. The predicted octanol–water partition coefficient (Wildman–Crippen LogP) is 1.16. The van der Waals surface area contributed by atoms with Crippen LogP contribution in [0.15, 0.2) is 41.0 Å². The number of ether oxygens (including phenoxy) is 1. The average Bonchev–Trinajstić information content (AvgIpc) is 2.95. The Bertz CT molecular complexity index is 566. The fourth-order valence-electron chi connectivity index (χ4n) is 1.73. The number of carbonyl (C=O) groups excluding carboxylic acids is 1. The Balaban J connectivity index is 2.09. The van der Waals surface area contributed by atoms with Crippen LogP contribution in [0.2, 0.25) is 0 Å². The van der Waals surface area contributed by atoms with Crippen LogP contribution in [0, 0.1) is 0 Å². The van der Waals surface area contributed by atoms with Crippen LogP contribution < -0.4 is 0 Å². The third-order valence-electron chi connectivity index (χ3n) is 2.82.